The predicted molar refractivity (Wildman–Crippen MR) is 98.7 cm³/mol. The number of aliphatic hydroxyl groups is 1. The van der Waals surface area contributed by atoms with Gasteiger partial charge in [0.15, 0.2) is 11.5 Å². The minimum absolute atomic E-state index is 0.0968. The van der Waals surface area contributed by atoms with E-state index < -0.39 is 6.10 Å². The number of ether oxygens (including phenoxy) is 3. The minimum Gasteiger partial charge on any atom is -0.493 e. The lowest BCUT2D eigenvalue weighted by molar-refractivity contribution is -0.131. The second-order valence-electron chi connectivity index (χ2n) is 5.82. The molecule has 2 rings (SSSR count). The zero-order valence-electron chi connectivity index (χ0n) is 15.3. The quantitative estimate of drug-likeness (QED) is 0.745. The maximum Gasteiger partial charge on any atom is 0.225 e. The van der Waals surface area contributed by atoms with E-state index in [4.69, 9.17) is 14.2 Å². The third-order valence-corrected chi connectivity index (χ3v) is 3.99. The van der Waals surface area contributed by atoms with E-state index in [1.807, 2.05) is 30.3 Å². The van der Waals surface area contributed by atoms with E-state index >= 15 is 0 Å². The lowest BCUT2D eigenvalue weighted by Gasteiger charge is -2.22. The van der Waals surface area contributed by atoms with Crippen molar-refractivity contribution in [3.05, 3.63) is 54.1 Å². The molecule has 26 heavy (non-hydrogen) atoms. The molecule has 0 spiro atoms. The smallest absolute Gasteiger partial charge is 0.225 e. The Morgan fingerprint density at radius 2 is 1.77 bits per heavy atom. The van der Waals surface area contributed by atoms with Crippen LogP contribution in [0.5, 0.6) is 17.2 Å². The van der Waals surface area contributed by atoms with E-state index in [-0.39, 0.29) is 18.9 Å². The van der Waals surface area contributed by atoms with Crippen LogP contribution in [0.1, 0.15) is 18.1 Å². The highest BCUT2D eigenvalue weighted by atomic mass is 16.5. The first-order valence-corrected chi connectivity index (χ1v) is 8.37. The third-order valence-electron chi connectivity index (χ3n) is 3.99. The molecule has 0 saturated heterocycles. The van der Waals surface area contributed by atoms with Gasteiger partial charge in [-0.25, -0.2) is 0 Å². The molecule has 140 valence electrons. The molecule has 0 heterocycles. The molecule has 0 aliphatic carbocycles. The number of para-hydroxylation sites is 1. The standard InChI is InChI=1S/C20H25NO5/c1-21(20(23)11-12-26-16-7-5-4-6-8-16)14-17(22)15-9-10-18(24-2)19(13-15)25-3/h4-10,13,17,22H,11-12,14H2,1-3H3. The minimum atomic E-state index is -0.821. The van der Waals surface area contributed by atoms with E-state index in [0.717, 1.165) is 5.75 Å². The summed E-state index contributed by atoms with van der Waals surface area (Å²) in [6.07, 6.45) is -0.580. The van der Waals surface area contributed by atoms with E-state index in [1.54, 1.807) is 32.4 Å². The average Bonchev–Trinajstić information content (AvgIpc) is 2.67. The topological polar surface area (TPSA) is 68.2 Å². The number of carbonyl (C=O) groups is 1. The van der Waals surface area contributed by atoms with Crippen LogP contribution in [-0.4, -0.2) is 50.3 Å². The van der Waals surface area contributed by atoms with Gasteiger partial charge in [0, 0.05) is 7.05 Å². The van der Waals surface area contributed by atoms with Crippen LogP contribution in [0.4, 0.5) is 0 Å². The lowest BCUT2D eigenvalue weighted by Crippen LogP contribution is -2.32. The molecule has 0 bridgehead atoms. The van der Waals surface area contributed by atoms with Crippen LogP contribution in [-0.2, 0) is 4.79 Å². The first-order chi connectivity index (χ1) is 12.5. The summed E-state index contributed by atoms with van der Waals surface area (Å²) in [5.74, 6) is 1.76. The molecule has 0 saturated carbocycles. The van der Waals surface area contributed by atoms with Gasteiger partial charge in [0.05, 0.1) is 39.9 Å². The van der Waals surface area contributed by atoms with Gasteiger partial charge in [0.25, 0.3) is 0 Å². The summed E-state index contributed by atoms with van der Waals surface area (Å²) < 4.78 is 16.0. The summed E-state index contributed by atoms with van der Waals surface area (Å²) in [5, 5.41) is 10.4. The van der Waals surface area contributed by atoms with Crippen molar-refractivity contribution < 1.29 is 24.1 Å². The molecule has 6 nitrogen and oxygen atoms in total. The van der Waals surface area contributed by atoms with Gasteiger partial charge < -0.3 is 24.2 Å². The van der Waals surface area contributed by atoms with Crippen LogP contribution in [0, 0.1) is 0 Å². The number of carbonyl (C=O) groups excluding carboxylic acids is 1. The number of rotatable bonds is 9. The van der Waals surface area contributed by atoms with Crippen LogP contribution in [0.15, 0.2) is 48.5 Å². The molecule has 0 aliphatic heterocycles. The normalized spacial score (nSPS) is 11.5. The van der Waals surface area contributed by atoms with Gasteiger partial charge in [-0.15, -0.1) is 0 Å². The highest BCUT2D eigenvalue weighted by Crippen LogP contribution is 2.30. The van der Waals surface area contributed by atoms with Crippen molar-refractivity contribution in [2.45, 2.75) is 12.5 Å². The predicted octanol–water partition coefficient (Wildman–Crippen LogP) is 2.66. The molecule has 0 fully saturated rings. The van der Waals surface area contributed by atoms with Gasteiger partial charge in [-0.05, 0) is 29.8 Å². The highest BCUT2D eigenvalue weighted by molar-refractivity contribution is 5.76. The molecule has 1 atom stereocenters. The molecule has 2 aromatic carbocycles. The fourth-order valence-electron chi connectivity index (χ4n) is 2.49. The fraction of sp³-hybridized carbons (Fsp3) is 0.350. The number of nitrogens with zero attached hydrogens (tertiary/aromatic N) is 1. The Bertz CT molecular complexity index is 705. The van der Waals surface area contributed by atoms with E-state index in [2.05, 4.69) is 0 Å². The van der Waals surface area contributed by atoms with Crippen LogP contribution in [0.25, 0.3) is 0 Å². The summed E-state index contributed by atoms with van der Waals surface area (Å²) in [4.78, 5) is 13.7. The van der Waals surface area contributed by atoms with Crippen molar-refractivity contribution in [2.75, 3.05) is 34.4 Å². The number of hydrogen-bond donors (Lipinski definition) is 1. The largest absolute Gasteiger partial charge is 0.493 e. The van der Waals surface area contributed by atoms with Crippen molar-refractivity contribution >= 4 is 5.91 Å². The summed E-state index contributed by atoms with van der Waals surface area (Å²) in [6, 6.07) is 14.5. The van der Waals surface area contributed by atoms with Crippen LogP contribution >= 0.6 is 0 Å². The zero-order valence-corrected chi connectivity index (χ0v) is 15.3. The Balaban J connectivity index is 1.85. The summed E-state index contributed by atoms with van der Waals surface area (Å²) in [6.45, 7) is 0.472. The van der Waals surface area contributed by atoms with Crippen LogP contribution in [0.3, 0.4) is 0 Å². The van der Waals surface area contributed by atoms with Crippen molar-refractivity contribution in [2.24, 2.45) is 0 Å². The van der Waals surface area contributed by atoms with E-state index in [9.17, 15) is 9.90 Å². The summed E-state index contributed by atoms with van der Waals surface area (Å²) >= 11 is 0. The Hall–Kier alpha value is -2.73. The molecule has 0 radical (unpaired) electrons. The number of aliphatic hydroxyl groups excluding tert-OH is 1. The molecule has 1 unspecified atom stereocenters. The maximum atomic E-state index is 12.2. The van der Waals surface area contributed by atoms with Gasteiger partial charge in [0.1, 0.15) is 5.75 Å². The Morgan fingerprint density at radius 1 is 1.08 bits per heavy atom. The molecule has 6 heteroatoms. The van der Waals surface area contributed by atoms with Gasteiger partial charge in [-0.1, -0.05) is 24.3 Å². The number of likely N-dealkylation sites (N-methyl/N-ethyl adjacent to an activating group) is 1. The number of amides is 1. The van der Waals surface area contributed by atoms with Crippen molar-refractivity contribution in [1.29, 1.82) is 0 Å². The third kappa shape index (κ3) is 5.39. The van der Waals surface area contributed by atoms with Crippen molar-refractivity contribution in [1.82, 2.24) is 4.90 Å². The van der Waals surface area contributed by atoms with Crippen molar-refractivity contribution in [3.8, 4) is 17.2 Å². The first kappa shape index (κ1) is 19.6. The molecule has 0 aromatic heterocycles. The first-order valence-electron chi connectivity index (χ1n) is 8.37. The zero-order chi connectivity index (χ0) is 18.9. The highest BCUT2D eigenvalue weighted by Gasteiger charge is 2.17. The molecular weight excluding hydrogens is 334 g/mol. The van der Waals surface area contributed by atoms with Crippen LogP contribution < -0.4 is 14.2 Å². The SMILES string of the molecule is COc1ccc(C(O)CN(C)C(=O)CCOc2ccccc2)cc1OC. The lowest BCUT2D eigenvalue weighted by atomic mass is 10.1. The van der Waals surface area contributed by atoms with Crippen LogP contribution in [0.2, 0.25) is 0 Å². The van der Waals surface area contributed by atoms with E-state index in [0.29, 0.717) is 23.7 Å². The van der Waals surface area contributed by atoms with Gasteiger partial charge in [-0.3, -0.25) is 4.79 Å². The Kier molecular flexibility index (Phi) is 7.29. The molecule has 0 aliphatic rings. The second-order valence-corrected chi connectivity index (χ2v) is 5.82. The van der Waals surface area contributed by atoms with Gasteiger partial charge >= 0.3 is 0 Å². The molecule has 2 aromatic rings. The molecule has 1 N–H and O–H groups in total. The second kappa shape index (κ2) is 9.68. The van der Waals surface area contributed by atoms with Gasteiger partial charge in [0.2, 0.25) is 5.91 Å². The molecule has 1 amide bonds. The van der Waals surface area contributed by atoms with Crippen molar-refractivity contribution in [3.63, 3.8) is 0 Å². The maximum absolute atomic E-state index is 12.2. The number of hydrogen-bond acceptors (Lipinski definition) is 5. The van der Waals surface area contributed by atoms with E-state index in [1.165, 1.54) is 12.0 Å². The number of methoxy groups -OCH3 is 2. The monoisotopic (exact) mass is 359 g/mol. The fourth-order valence-corrected chi connectivity index (χ4v) is 2.49. The summed E-state index contributed by atoms with van der Waals surface area (Å²) in [5.41, 5.74) is 0.655. The average molecular weight is 359 g/mol. The number of benzene rings is 2. The van der Waals surface area contributed by atoms with Gasteiger partial charge in [-0.2, -0.15) is 0 Å². The summed E-state index contributed by atoms with van der Waals surface area (Å²) in [7, 11) is 4.75. The molecular formula is C20H25NO5. The Labute approximate surface area is 153 Å². The Morgan fingerprint density at radius 3 is 2.42 bits per heavy atom.